The number of pyridine rings is 1. The van der Waals surface area contributed by atoms with Gasteiger partial charge in [0.05, 0.1) is 0 Å². The molecule has 1 aromatic heterocycles. The SMILES string of the molecule is Cc1cc(Cl)ccc1NC(=O)c1cccc(C(=O)N2CCc3ccccc32)n1. The fraction of sp³-hybridized carbons (Fsp3) is 0.136. The fourth-order valence-corrected chi connectivity index (χ4v) is 3.55. The Morgan fingerprint density at radius 2 is 1.82 bits per heavy atom. The summed E-state index contributed by atoms with van der Waals surface area (Å²) in [6.07, 6.45) is 0.817. The van der Waals surface area contributed by atoms with Gasteiger partial charge in [0.15, 0.2) is 0 Å². The Kier molecular flexibility index (Phi) is 4.84. The summed E-state index contributed by atoms with van der Waals surface area (Å²) in [5, 5.41) is 3.42. The van der Waals surface area contributed by atoms with Crippen molar-refractivity contribution in [3.8, 4) is 0 Å². The van der Waals surface area contributed by atoms with Crippen LogP contribution < -0.4 is 10.2 Å². The number of aryl methyl sites for hydroxylation is 1. The first-order chi connectivity index (χ1) is 13.5. The Hall–Kier alpha value is -3.18. The Morgan fingerprint density at radius 3 is 2.64 bits per heavy atom. The number of nitrogens with one attached hydrogen (secondary N) is 1. The molecule has 1 aliphatic rings. The maximum absolute atomic E-state index is 13.0. The van der Waals surface area contributed by atoms with E-state index < -0.39 is 0 Å². The van der Waals surface area contributed by atoms with Crippen LogP contribution in [0.25, 0.3) is 0 Å². The molecule has 2 aromatic carbocycles. The van der Waals surface area contributed by atoms with Gasteiger partial charge in [-0.3, -0.25) is 9.59 Å². The third kappa shape index (κ3) is 3.49. The van der Waals surface area contributed by atoms with Crippen LogP contribution in [0.15, 0.2) is 60.7 Å². The second kappa shape index (κ2) is 7.44. The molecule has 3 aromatic rings. The normalized spacial score (nSPS) is 12.6. The highest BCUT2D eigenvalue weighted by molar-refractivity contribution is 6.30. The molecule has 2 amide bonds. The Bertz CT molecular complexity index is 1080. The van der Waals surface area contributed by atoms with Crippen molar-refractivity contribution in [2.75, 3.05) is 16.8 Å². The summed E-state index contributed by atoms with van der Waals surface area (Å²) in [7, 11) is 0. The van der Waals surface area contributed by atoms with E-state index in [2.05, 4.69) is 10.3 Å². The summed E-state index contributed by atoms with van der Waals surface area (Å²) in [5.41, 5.74) is 3.98. The summed E-state index contributed by atoms with van der Waals surface area (Å²) in [5.74, 6) is -0.579. The van der Waals surface area contributed by atoms with E-state index in [0.29, 0.717) is 17.3 Å². The van der Waals surface area contributed by atoms with E-state index in [1.54, 1.807) is 41.3 Å². The third-order valence-corrected chi connectivity index (χ3v) is 5.00. The molecule has 140 valence electrons. The molecular formula is C22H18ClN3O2. The highest BCUT2D eigenvalue weighted by Crippen LogP contribution is 2.28. The minimum Gasteiger partial charge on any atom is -0.320 e. The van der Waals surface area contributed by atoms with Gasteiger partial charge in [0, 0.05) is 22.9 Å². The second-order valence-corrected chi connectivity index (χ2v) is 7.09. The second-order valence-electron chi connectivity index (χ2n) is 6.66. The van der Waals surface area contributed by atoms with Gasteiger partial charge in [-0.1, -0.05) is 35.9 Å². The highest BCUT2D eigenvalue weighted by Gasteiger charge is 2.26. The number of nitrogens with zero attached hydrogens (tertiary/aromatic N) is 2. The predicted octanol–water partition coefficient (Wildman–Crippen LogP) is 4.50. The summed E-state index contributed by atoms with van der Waals surface area (Å²) in [6, 6.07) is 18.0. The number of rotatable bonds is 3. The zero-order valence-corrected chi connectivity index (χ0v) is 16.0. The van der Waals surface area contributed by atoms with E-state index in [-0.39, 0.29) is 23.2 Å². The highest BCUT2D eigenvalue weighted by atomic mass is 35.5. The fourth-order valence-electron chi connectivity index (χ4n) is 3.32. The van der Waals surface area contributed by atoms with Gasteiger partial charge in [-0.25, -0.2) is 4.98 Å². The van der Waals surface area contributed by atoms with E-state index in [1.165, 1.54) is 0 Å². The number of benzene rings is 2. The first-order valence-corrected chi connectivity index (χ1v) is 9.35. The molecule has 0 unspecified atom stereocenters. The van der Waals surface area contributed by atoms with Crippen molar-refractivity contribution in [2.24, 2.45) is 0 Å². The summed E-state index contributed by atoms with van der Waals surface area (Å²) in [4.78, 5) is 31.6. The third-order valence-electron chi connectivity index (χ3n) is 4.77. The molecule has 28 heavy (non-hydrogen) atoms. The maximum atomic E-state index is 13.0. The number of halogens is 1. The van der Waals surface area contributed by atoms with Crippen molar-refractivity contribution >= 4 is 34.8 Å². The average molecular weight is 392 g/mol. The van der Waals surface area contributed by atoms with Gasteiger partial charge in [0.25, 0.3) is 11.8 Å². The molecule has 0 radical (unpaired) electrons. The van der Waals surface area contributed by atoms with Gasteiger partial charge in [0.1, 0.15) is 11.4 Å². The molecule has 2 heterocycles. The molecule has 0 saturated carbocycles. The van der Waals surface area contributed by atoms with Crippen LogP contribution in [0.3, 0.4) is 0 Å². The quantitative estimate of drug-likeness (QED) is 0.715. The van der Waals surface area contributed by atoms with Gasteiger partial charge in [-0.2, -0.15) is 0 Å². The van der Waals surface area contributed by atoms with Crippen LogP contribution in [-0.4, -0.2) is 23.3 Å². The molecule has 1 aliphatic heterocycles. The lowest BCUT2D eigenvalue weighted by Crippen LogP contribution is -2.30. The van der Waals surface area contributed by atoms with Gasteiger partial charge >= 0.3 is 0 Å². The molecule has 5 nitrogen and oxygen atoms in total. The number of carbonyl (C=O) groups is 2. The van der Waals surface area contributed by atoms with E-state index in [4.69, 9.17) is 11.6 Å². The Morgan fingerprint density at radius 1 is 1.04 bits per heavy atom. The summed E-state index contributed by atoms with van der Waals surface area (Å²) < 4.78 is 0. The van der Waals surface area contributed by atoms with Crippen LogP contribution >= 0.6 is 11.6 Å². The van der Waals surface area contributed by atoms with Crippen molar-refractivity contribution in [2.45, 2.75) is 13.3 Å². The van der Waals surface area contributed by atoms with Crippen molar-refractivity contribution in [1.82, 2.24) is 4.98 Å². The molecule has 0 spiro atoms. The van der Waals surface area contributed by atoms with Crippen LogP contribution in [0, 0.1) is 6.92 Å². The molecule has 0 saturated heterocycles. The van der Waals surface area contributed by atoms with Crippen molar-refractivity contribution in [3.05, 3.63) is 88.2 Å². The molecule has 1 N–H and O–H groups in total. The monoisotopic (exact) mass is 391 g/mol. The van der Waals surface area contributed by atoms with Crippen LogP contribution in [0.4, 0.5) is 11.4 Å². The van der Waals surface area contributed by atoms with Gasteiger partial charge < -0.3 is 10.2 Å². The first kappa shape index (κ1) is 18.2. The lowest BCUT2D eigenvalue weighted by Gasteiger charge is -2.17. The van der Waals surface area contributed by atoms with Crippen LogP contribution in [0.1, 0.15) is 32.1 Å². The summed E-state index contributed by atoms with van der Waals surface area (Å²) >= 11 is 5.96. The van der Waals surface area contributed by atoms with Gasteiger partial charge in [-0.15, -0.1) is 0 Å². The Labute approximate surface area is 168 Å². The number of amides is 2. The summed E-state index contributed by atoms with van der Waals surface area (Å²) in [6.45, 7) is 2.47. The van der Waals surface area contributed by atoms with E-state index in [0.717, 1.165) is 23.2 Å². The zero-order chi connectivity index (χ0) is 19.7. The number of aromatic nitrogens is 1. The van der Waals surface area contributed by atoms with Crippen molar-refractivity contribution < 1.29 is 9.59 Å². The molecule has 0 bridgehead atoms. The standard InChI is InChI=1S/C22H18ClN3O2/c1-14-13-16(23)9-10-17(14)25-21(27)18-6-4-7-19(24-18)22(28)26-12-11-15-5-2-3-8-20(15)26/h2-10,13H,11-12H2,1H3,(H,25,27). The lowest BCUT2D eigenvalue weighted by atomic mass is 10.2. The van der Waals surface area contributed by atoms with Crippen LogP contribution in [0.2, 0.25) is 5.02 Å². The molecule has 0 aliphatic carbocycles. The molecule has 6 heteroatoms. The molecular weight excluding hydrogens is 374 g/mol. The average Bonchev–Trinajstić information content (AvgIpc) is 3.14. The largest absolute Gasteiger partial charge is 0.320 e. The van der Waals surface area contributed by atoms with Crippen LogP contribution in [0.5, 0.6) is 0 Å². The number of hydrogen-bond acceptors (Lipinski definition) is 3. The number of anilines is 2. The smallest absolute Gasteiger partial charge is 0.276 e. The van der Waals surface area contributed by atoms with Gasteiger partial charge in [-0.05, 0) is 60.9 Å². The maximum Gasteiger partial charge on any atom is 0.276 e. The van der Waals surface area contributed by atoms with E-state index in [9.17, 15) is 9.59 Å². The predicted molar refractivity (Wildman–Crippen MR) is 110 cm³/mol. The first-order valence-electron chi connectivity index (χ1n) is 8.97. The topological polar surface area (TPSA) is 62.3 Å². The van der Waals surface area contributed by atoms with Crippen molar-refractivity contribution in [1.29, 1.82) is 0 Å². The minimum atomic E-state index is -0.373. The minimum absolute atomic E-state index is 0.188. The number of hydrogen-bond donors (Lipinski definition) is 1. The molecule has 0 fully saturated rings. The van der Waals surface area contributed by atoms with Crippen molar-refractivity contribution in [3.63, 3.8) is 0 Å². The van der Waals surface area contributed by atoms with E-state index >= 15 is 0 Å². The van der Waals surface area contributed by atoms with Crippen LogP contribution in [-0.2, 0) is 6.42 Å². The number of para-hydroxylation sites is 1. The Balaban J connectivity index is 1.56. The zero-order valence-electron chi connectivity index (χ0n) is 15.3. The van der Waals surface area contributed by atoms with E-state index in [1.807, 2.05) is 31.2 Å². The number of carbonyl (C=O) groups excluding carboxylic acids is 2. The van der Waals surface area contributed by atoms with Gasteiger partial charge in [0.2, 0.25) is 0 Å². The molecule has 4 rings (SSSR count). The number of fused-ring (bicyclic) bond motifs is 1. The lowest BCUT2D eigenvalue weighted by molar-refractivity contribution is 0.0984. The molecule has 0 atom stereocenters.